The number of methoxy groups -OCH3 is 2. The summed E-state index contributed by atoms with van der Waals surface area (Å²) in [4.78, 5) is 107. The summed E-state index contributed by atoms with van der Waals surface area (Å²) in [5.74, 6) is -4.03. The largest absolute Gasteiger partial charge is 0.495 e. The number of benzene rings is 2. The van der Waals surface area contributed by atoms with E-state index < -0.39 is 131 Å². The molecule has 2 aromatic rings. The van der Waals surface area contributed by atoms with Gasteiger partial charge in [-0.2, -0.15) is 13.2 Å². The van der Waals surface area contributed by atoms with Crippen LogP contribution in [0.1, 0.15) is 90.7 Å². The zero-order chi connectivity index (χ0) is 63.4. The number of nitrogens with two attached hydrogens (primary N) is 1. The summed E-state index contributed by atoms with van der Waals surface area (Å²) in [7, 11) is 4.18. The molecule has 4 aliphatic rings. The highest BCUT2D eigenvalue weighted by molar-refractivity contribution is 7.80. The molecule has 4 heterocycles. The molecule has 86 heavy (non-hydrogen) atoms. The number of nitrogens with one attached hydrogen (secondary N) is 7. The fraction of sp³-hybridized carbons (Fsp3) is 0.526. The number of epoxide rings is 1. The number of imide groups is 1. The molecule has 0 aliphatic carbocycles. The van der Waals surface area contributed by atoms with Crippen molar-refractivity contribution in [2.45, 2.75) is 140 Å². The van der Waals surface area contributed by atoms with Crippen molar-refractivity contribution < 1.29 is 80.3 Å². The Hall–Kier alpha value is -7.53. The van der Waals surface area contributed by atoms with Crippen molar-refractivity contribution in [3.63, 3.8) is 0 Å². The van der Waals surface area contributed by atoms with Crippen molar-refractivity contribution in [1.29, 1.82) is 0 Å². The lowest BCUT2D eigenvalue weighted by molar-refractivity contribution is -0.142. The first-order valence-corrected chi connectivity index (χ1v) is 28.6. The number of anilines is 3. The van der Waals surface area contributed by atoms with Crippen LogP contribution < -0.4 is 52.6 Å². The van der Waals surface area contributed by atoms with Gasteiger partial charge in [0.2, 0.25) is 17.7 Å². The molecule has 2 aromatic carbocycles. The van der Waals surface area contributed by atoms with Gasteiger partial charge in [-0.05, 0) is 106 Å². The molecule has 0 spiro atoms. The average Bonchev–Trinajstić information content (AvgIpc) is 1.59. The molecule has 0 unspecified atom stereocenters. The van der Waals surface area contributed by atoms with Gasteiger partial charge in [0, 0.05) is 64.0 Å². The molecule has 6 rings (SSSR count). The van der Waals surface area contributed by atoms with E-state index in [0.29, 0.717) is 43.9 Å². The lowest BCUT2D eigenvalue weighted by atomic mass is 9.83. The standard InChI is InChI=1S/C57H74ClF3N10O14S/c1-30(2)47(68-52(86)64-22-11-12-23-71-43(72)19-20-44(71)73)50(76)66-37(15-9-10-21-63-51(62)77)49(75)65-34-17-18-36(35(27-34)57(59,60)61)67-53(78)84-42-28-45(74)70(6)38-25-33(26-39(81-7)46(38)58)24-31(3)14-13-16-41(82-8)56(80)29-40(83-54(79)69-56)32(4)48-55(42,5)85-48/h13-14,16-20,25-27,30,32,37,40-42,47-48,80H,9-12,15,21-24,28-29H2,1-8H3,(H,65,75)(H,66,76)(H,67,78)(H,69,79)(H3,62,63,77)(H2,64,68,86)/b16-13+,31-14+/t32-,37+,40+,41-,42+,47+,48+,55+,56+/m1/s1. The number of rotatable bonds is 20. The maximum absolute atomic E-state index is 15.1. The van der Waals surface area contributed by atoms with Crippen molar-refractivity contribution in [3.05, 3.63) is 82.4 Å². The van der Waals surface area contributed by atoms with Gasteiger partial charge in [0.15, 0.2) is 10.8 Å². The van der Waals surface area contributed by atoms with Gasteiger partial charge in [0.05, 0.1) is 36.6 Å². The van der Waals surface area contributed by atoms with Gasteiger partial charge in [-0.1, -0.05) is 56.2 Å². The van der Waals surface area contributed by atoms with Gasteiger partial charge < -0.3 is 66.0 Å². The van der Waals surface area contributed by atoms with Crippen LogP contribution in [-0.4, -0.2) is 152 Å². The second kappa shape index (κ2) is 29.2. The second-order valence-corrected chi connectivity index (χ2v) is 22.7. The van der Waals surface area contributed by atoms with Crippen molar-refractivity contribution in [3.8, 4) is 5.75 Å². The van der Waals surface area contributed by atoms with Crippen LogP contribution in [0.2, 0.25) is 5.02 Å². The van der Waals surface area contributed by atoms with Gasteiger partial charge >= 0.3 is 24.4 Å². The van der Waals surface area contributed by atoms with Gasteiger partial charge in [-0.25, -0.2) is 14.4 Å². The smallest absolute Gasteiger partial charge is 0.418 e. The summed E-state index contributed by atoms with van der Waals surface area (Å²) in [6, 6.07) is 2.71. The molecule has 9 amide bonds. The number of hydrogen-bond donors (Lipinski definition) is 9. The molecule has 470 valence electrons. The Balaban J connectivity index is 1.22. The number of halogens is 4. The number of amides is 9. The van der Waals surface area contributed by atoms with E-state index in [0.717, 1.165) is 22.6 Å². The number of aliphatic hydroxyl groups is 1. The molecule has 2 fully saturated rings. The number of nitrogens with zero attached hydrogens (tertiary/aromatic N) is 2. The van der Waals surface area contributed by atoms with Gasteiger partial charge in [0.1, 0.15) is 46.8 Å². The SMILES string of the molecule is COc1cc2cc(c1Cl)N(C)C(=O)C[C@H](OC(=O)Nc1ccc(NC(=O)[C@H](CCCCNC(N)=O)NC(=O)[C@@H](NC(=S)NCCCCN3C(=O)C=CC3=O)C(C)C)cc1C(F)(F)F)[C@]1(C)O[C@H]1[C@H](C)[C@@H]1C[C@@](O)(NC(=O)O1)[C@H](OC)/C=C/C=C(\C)C2. The minimum Gasteiger partial charge on any atom is -0.495 e. The minimum absolute atomic E-state index is 0.0512. The second-order valence-electron chi connectivity index (χ2n) is 21.9. The number of primary amides is 1. The Morgan fingerprint density at radius 2 is 1.66 bits per heavy atom. The van der Waals surface area contributed by atoms with E-state index in [1.165, 1.54) is 45.2 Å². The summed E-state index contributed by atoms with van der Waals surface area (Å²) in [6.45, 7) is 9.07. The van der Waals surface area contributed by atoms with E-state index in [1.807, 2.05) is 6.92 Å². The summed E-state index contributed by atoms with van der Waals surface area (Å²) >= 11 is 12.2. The monoisotopic (exact) mass is 1250 g/mol. The number of urea groups is 1. The third-order valence-electron chi connectivity index (χ3n) is 15.1. The zero-order valence-electron chi connectivity index (χ0n) is 48.8. The van der Waals surface area contributed by atoms with Crippen LogP contribution in [0.15, 0.2) is 66.3 Å². The van der Waals surface area contributed by atoms with E-state index in [2.05, 4.69) is 37.2 Å². The minimum atomic E-state index is -5.17. The lowest BCUT2D eigenvalue weighted by Crippen LogP contribution is -2.63. The van der Waals surface area contributed by atoms with Crippen LogP contribution in [0.3, 0.4) is 0 Å². The normalized spacial score (nSPS) is 24.9. The van der Waals surface area contributed by atoms with E-state index in [4.69, 9.17) is 53.2 Å². The van der Waals surface area contributed by atoms with Crippen molar-refractivity contribution in [2.75, 3.05) is 56.4 Å². The number of thiocarbonyl (C=S) groups is 1. The van der Waals surface area contributed by atoms with E-state index in [1.54, 1.807) is 51.1 Å². The topological polar surface area (TPSA) is 323 Å². The quantitative estimate of drug-likeness (QED) is 0.0325. The maximum atomic E-state index is 15.1. The van der Waals surface area contributed by atoms with Crippen LogP contribution in [0.4, 0.5) is 44.6 Å². The Labute approximate surface area is 505 Å². The molecule has 4 aliphatic heterocycles. The maximum Gasteiger partial charge on any atom is 0.418 e. The van der Waals surface area contributed by atoms with Crippen LogP contribution in [0, 0.1) is 11.8 Å². The molecule has 0 radical (unpaired) electrons. The van der Waals surface area contributed by atoms with E-state index >= 15 is 13.2 Å². The Kier molecular flexibility index (Phi) is 23.0. The number of hydrogen-bond acceptors (Lipinski definition) is 15. The molecule has 0 saturated carbocycles. The number of alkyl halides is 3. The first-order chi connectivity index (χ1) is 40.5. The highest BCUT2D eigenvalue weighted by atomic mass is 35.5. The molecular formula is C57H74ClF3N10O14S. The third-order valence-corrected chi connectivity index (χ3v) is 15.8. The number of allylic oxidation sites excluding steroid dienone is 3. The first kappa shape index (κ1) is 67.6. The number of alkyl carbamates (subject to hydrolysis) is 1. The van der Waals surface area contributed by atoms with Crippen molar-refractivity contribution in [2.24, 2.45) is 17.6 Å². The molecule has 2 saturated heterocycles. The molecule has 0 aromatic heterocycles. The fourth-order valence-electron chi connectivity index (χ4n) is 10.3. The molecule has 29 heteroatoms. The third kappa shape index (κ3) is 17.6. The molecule has 9 atom stereocenters. The van der Waals surface area contributed by atoms with Gasteiger partial charge in [-0.15, -0.1) is 0 Å². The van der Waals surface area contributed by atoms with Gasteiger partial charge in [0.25, 0.3) is 11.8 Å². The summed E-state index contributed by atoms with van der Waals surface area (Å²) in [6.07, 6.45) is -3.90. The predicted octanol–water partition coefficient (Wildman–Crippen LogP) is 5.85. The highest BCUT2D eigenvalue weighted by Crippen LogP contribution is 2.49. The Morgan fingerprint density at radius 1 is 0.977 bits per heavy atom. The molecule has 10 N–H and O–H groups in total. The Bertz CT molecular complexity index is 2990. The van der Waals surface area contributed by atoms with Gasteiger partial charge in [-0.3, -0.25) is 39.5 Å². The van der Waals surface area contributed by atoms with Crippen molar-refractivity contribution >= 4 is 93.7 Å². The number of fused-ring (bicyclic) bond motifs is 5. The number of carbonyl (C=O) groups excluding carboxylic acids is 8. The molecule has 4 bridgehead atoms. The van der Waals surface area contributed by atoms with Crippen LogP contribution >= 0.6 is 23.8 Å². The average molecular weight is 1250 g/mol. The van der Waals surface area contributed by atoms with Crippen molar-refractivity contribution in [1.82, 2.24) is 31.5 Å². The van der Waals surface area contributed by atoms with E-state index in [-0.39, 0.29) is 59.6 Å². The summed E-state index contributed by atoms with van der Waals surface area (Å²) < 4.78 is 74.1. The predicted molar refractivity (Wildman–Crippen MR) is 314 cm³/mol. The van der Waals surface area contributed by atoms with Crippen LogP contribution in [-0.2, 0) is 55.5 Å². The number of unbranched alkanes of at least 4 members (excludes halogenated alkanes) is 2. The highest BCUT2D eigenvalue weighted by Gasteiger charge is 2.64. The molecule has 24 nitrogen and oxygen atoms in total. The lowest BCUT2D eigenvalue weighted by Gasteiger charge is -2.42. The fourth-order valence-corrected chi connectivity index (χ4v) is 10.8. The summed E-state index contributed by atoms with van der Waals surface area (Å²) in [5.41, 5.74) is 0.705. The zero-order valence-corrected chi connectivity index (χ0v) is 50.4. The van der Waals surface area contributed by atoms with Crippen LogP contribution in [0.5, 0.6) is 5.75 Å². The summed E-state index contributed by atoms with van der Waals surface area (Å²) in [5, 5.41) is 30.1. The Morgan fingerprint density at radius 3 is 2.31 bits per heavy atom. The van der Waals surface area contributed by atoms with Crippen LogP contribution in [0.25, 0.3) is 0 Å². The number of ether oxygens (including phenoxy) is 5. The number of carbonyl (C=O) groups is 8. The molecular weight excluding hydrogens is 1170 g/mol. The first-order valence-electron chi connectivity index (χ1n) is 27.8. The van der Waals surface area contributed by atoms with E-state index in [9.17, 15) is 43.5 Å².